The lowest BCUT2D eigenvalue weighted by Gasteiger charge is -2.11. The molecule has 0 bridgehead atoms. The molecule has 4 rings (SSSR count). The first kappa shape index (κ1) is 12.6. The van der Waals surface area contributed by atoms with Crippen LogP contribution in [-0.4, -0.2) is 9.55 Å². The topological polar surface area (TPSA) is 34.9 Å². The Bertz CT molecular complexity index is 879. The van der Waals surface area contributed by atoms with Gasteiger partial charge in [0.2, 0.25) is 0 Å². The van der Waals surface area contributed by atoms with Gasteiger partial charge in [0.25, 0.3) is 5.56 Å². The Morgan fingerprint density at radius 2 is 1.90 bits per heavy atom. The number of pyridine rings is 2. The molecular formula is C17H13ClN2O. The van der Waals surface area contributed by atoms with E-state index in [4.69, 9.17) is 11.6 Å². The van der Waals surface area contributed by atoms with Gasteiger partial charge in [0.15, 0.2) is 0 Å². The van der Waals surface area contributed by atoms with Crippen LogP contribution in [0.25, 0.3) is 22.2 Å². The average Bonchev–Trinajstić information content (AvgIpc) is 3.32. The van der Waals surface area contributed by atoms with E-state index in [0.717, 1.165) is 29.4 Å². The van der Waals surface area contributed by atoms with Crippen LogP contribution in [0.4, 0.5) is 0 Å². The summed E-state index contributed by atoms with van der Waals surface area (Å²) in [5.74, 6) is 0. The van der Waals surface area contributed by atoms with Crippen molar-refractivity contribution >= 4 is 22.6 Å². The van der Waals surface area contributed by atoms with Crippen LogP contribution in [0.15, 0.2) is 53.5 Å². The minimum Gasteiger partial charge on any atom is -0.289 e. The van der Waals surface area contributed by atoms with Crippen LogP contribution in [0.2, 0.25) is 5.02 Å². The summed E-state index contributed by atoms with van der Waals surface area (Å²) in [4.78, 5) is 17.2. The second-order valence-electron chi connectivity index (χ2n) is 5.39. The molecule has 3 aromatic rings. The highest BCUT2D eigenvalue weighted by molar-refractivity contribution is 6.30. The Morgan fingerprint density at radius 3 is 2.62 bits per heavy atom. The van der Waals surface area contributed by atoms with Crippen LogP contribution in [0.1, 0.15) is 18.9 Å². The van der Waals surface area contributed by atoms with Gasteiger partial charge in [-0.25, -0.2) is 4.98 Å². The number of nitrogens with zero attached hydrogens (tertiary/aromatic N) is 2. The lowest BCUT2D eigenvalue weighted by atomic mass is 10.1. The Labute approximate surface area is 126 Å². The van der Waals surface area contributed by atoms with Gasteiger partial charge in [-0.1, -0.05) is 23.7 Å². The molecule has 1 fully saturated rings. The molecule has 2 aromatic heterocycles. The van der Waals surface area contributed by atoms with E-state index in [1.807, 2.05) is 47.0 Å². The summed E-state index contributed by atoms with van der Waals surface area (Å²) in [5, 5.41) is 1.66. The first-order chi connectivity index (χ1) is 10.2. The van der Waals surface area contributed by atoms with Gasteiger partial charge in [-0.15, -0.1) is 0 Å². The zero-order chi connectivity index (χ0) is 14.4. The predicted molar refractivity (Wildman–Crippen MR) is 84.7 cm³/mol. The van der Waals surface area contributed by atoms with Crippen molar-refractivity contribution in [2.75, 3.05) is 0 Å². The summed E-state index contributed by atoms with van der Waals surface area (Å²) < 4.78 is 1.85. The minimum absolute atomic E-state index is 0.0334. The van der Waals surface area contributed by atoms with Gasteiger partial charge in [0, 0.05) is 28.2 Å². The Balaban J connectivity index is 2.03. The second-order valence-corrected chi connectivity index (χ2v) is 5.82. The molecule has 0 atom stereocenters. The van der Waals surface area contributed by atoms with E-state index in [1.165, 1.54) is 0 Å². The van der Waals surface area contributed by atoms with Crippen molar-refractivity contribution in [3.63, 3.8) is 0 Å². The van der Waals surface area contributed by atoms with Crippen LogP contribution in [-0.2, 0) is 0 Å². The van der Waals surface area contributed by atoms with Gasteiger partial charge in [-0.05, 0) is 48.7 Å². The summed E-state index contributed by atoms with van der Waals surface area (Å²) in [6.45, 7) is 0. The SMILES string of the molecule is O=c1c(-c2ccc(Cl)cc2)cc2cccnc2n1C1CC1. The smallest absolute Gasteiger partial charge is 0.260 e. The molecule has 0 spiro atoms. The van der Waals surface area contributed by atoms with Gasteiger partial charge in [0.1, 0.15) is 5.65 Å². The Kier molecular flexibility index (Phi) is 2.82. The number of halogens is 1. The molecule has 3 nitrogen and oxygen atoms in total. The Hall–Kier alpha value is -2.13. The van der Waals surface area contributed by atoms with Crippen molar-refractivity contribution in [2.45, 2.75) is 18.9 Å². The summed E-state index contributed by atoms with van der Waals surface area (Å²) in [5.41, 5.74) is 2.41. The molecule has 0 radical (unpaired) electrons. The molecule has 1 aliphatic rings. The fraction of sp³-hybridized carbons (Fsp3) is 0.176. The molecule has 1 saturated carbocycles. The number of benzene rings is 1. The summed E-state index contributed by atoms with van der Waals surface area (Å²) in [6, 6.07) is 13.5. The molecule has 0 N–H and O–H groups in total. The third kappa shape index (κ3) is 2.14. The van der Waals surface area contributed by atoms with Crippen molar-refractivity contribution in [2.24, 2.45) is 0 Å². The van der Waals surface area contributed by atoms with E-state index < -0.39 is 0 Å². The van der Waals surface area contributed by atoms with Crippen molar-refractivity contribution < 1.29 is 0 Å². The van der Waals surface area contributed by atoms with E-state index in [9.17, 15) is 4.79 Å². The number of hydrogen-bond donors (Lipinski definition) is 0. The molecular weight excluding hydrogens is 284 g/mol. The molecule has 21 heavy (non-hydrogen) atoms. The third-order valence-corrected chi connectivity index (χ3v) is 4.11. The molecule has 0 aliphatic heterocycles. The normalized spacial score (nSPS) is 14.5. The van der Waals surface area contributed by atoms with Crippen LogP contribution in [0, 0.1) is 0 Å². The fourth-order valence-corrected chi connectivity index (χ4v) is 2.80. The van der Waals surface area contributed by atoms with Crippen LogP contribution < -0.4 is 5.56 Å². The van der Waals surface area contributed by atoms with Crippen molar-refractivity contribution in [3.8, 4) is 11.1 Å². The van der Waals surface area contributed by atoms with Gasteiger partial charge < -0.3 is 0 Å². The van der Waals surface area contributed by atoms with E-state index in [-0.39, 0.29) is 5.56 Å². The van der Waals surface area contributed by atoms with Gasteiger partial charge >= 0.3 is 0 Å². The second kappa shape index (κ2) is 4.71. The number of fused-ring (bicyclic) bond motifs is 1. The monoisotopic (exact) mass is 296 g/mol. The average molecular weight is 297 g/mol. The summed E-state index contributed by atoms with van der Waals surface area (Å²) in [6.07, 6.45) is 3.84. The quantitative estimate of drug-likeness (QED) is 0.715. The van der Waals surface area contributed by atoms with Gasteiger partial charge in [0.05, 0.1) is 0 Å². The predicted octanol–water partition coefficient (Wildman–Crippen LogP) is 4.05. The first-order valence-corrected chi connectivity index (χ1v) is 7.38. The zero-order valence-corrected chi connectivity index (χ0v) is 12.0. The highest BCUT2D eigenvalue weighted by Crippen LogP contribution is 2.36. The lowest BCUT2D eigenvalue weighted by molar-refractivity contribution is 0.731. The molecule has 4 heteroatoms. The van der Waals surface area contributed by atoms with Crippen LogP contribution >= 0.6 is 11.6 Å². The fourth-order valence-electron chi connectivity index (χ4n) is 2.67. The molecule has 0 amide bonds. The van der Waals surface area contributed by atoms with E-state index in [2.05, 4.69) is 4.98 Å². The highest BCUT2D eigenvalue weighted by Gasteiger charge is 2.27. The first-order valence-electron chi connectivity index (χ1n) is 7.00. The van der Waals surface area contributed by atoms with Crippen molar-refractivity contribution in [1.82, 2.24) is 9.55 Å². The lowest BCUT2D eigenvalue weighted by Crippen LogP contribution is -2.21. The van der Waals surface area contributed by atoms with Crippen molar-refractivity contribution in [1.29, 1.82) is 0 Å². The van der Waals surface area contributed by atoms with Crippen LogP contribution in [0.5, 0.6) is 0 Å². The molecule has 1 aromatic carbocycles. The Morgan fingerprint density at radius 1 is 1.14 bits per heavy atom. The highest BCUT2D eigenvalue weighted by atomic mass is 35.5. The maximum atomic E-state index is 12.8. The third-order valence-electron chi connectivity index (χ3n) is 3.86. The maximum Gasteiger partial charge on any atom is 0.260 e. The summed E-state index contributed by atoms with van der Waals surface area (Å²) >= 11 is 5.93. The molecule has 2 heterocycles. The van der Waals surface area contributed by atoms with Crippen molar-refractivity contribution in [3.05, 3.63) is 64.0 Å². The van der Waals surface area contributed by atoms with E-state index in [0.29, 0.717) is 16.6 Å². The summed E-state index contributed by atoms with van der Waals surface area (Å²) in [7, 11) is 0. The molecule has 0 unspecified atom stereocenters. The number of aromatic nitrogens is 2. The minimum atomic E-state index is 0.0334. The zero-order valence-electron chi connectivity index (χ0n) is 11.3. The molecule has 0 saturated heterocycles. The van der Waals surface area contributed by atoms with Crippen LogP contribution in [0.3, 0.4) is 0 Å². The molecule has 1 aliphatic carbocycles. The maximum absolute atomic E-state index is 12.8. The molecule has 104 valence electrons. The van der Waals surface area contributed by atoms with E-state index in [1.54, 1.807) is 6.20 Å². The number of rotatable bonds is 2. The van der Waals surface area contributed by atoms with E-state index >= 15 is 0 Å². The van der Waals surface area contributed by atoms with Gasteiger partial charge in [-0.3, -0.25) is 9.36 Å². The van der Waals surface area contributed by atoms with Gasteiger partial charge in [-0.2, -0.15) is 0 Å². The largest absolute Gasteiger partial charge is 0.289 e. The standard InChI is InChI=1S/C17H13ClN2O/c18-13-5-3-11(4-6-13)15-10-12-2-1-9-19-16(12)20(17(15)21)14-7-8-14/h1-6,9-10,14H,7-8H2. The number of hydrogen-bond acceptors (Lipinski definition) is 2.